The zero-order chi connectivity index (χ0) is 29.3. The highest BCUT2D eigenvalue weighted by molar-refractivity contribution is 7.99. The summed E-state index contributed by atoms with van der Waals surface area (Å²) in [5.74, 6) is 1.49. The summed E-state index contributed by atoms with van der Waals surface area (Å²) in [6.45, 7) is 0. The molecule has 0 unspecified atom stereocenters. The Bertz CT molecular complexity index is 1500. The molecule has 6 rings (SSSR count). The molecule has 0 radical (unpaired) electrons. The summed E-state index contributed by atoms with van der Waals surface area (Å²) in [5, 5.41) is 5.13. The predicted octanol–water partition coefficient (Wildman–Crippen LogP) is 9.60. The predicted molar refractivity (Wildman–Crippen MR) is 179 cm³/mol. The molecule has 0 aliphatic rings. The summed E-state index contributed by atoms with van der Waals surface area (Å²) < 4.78 is 0. The zero-order valence-corrected chi connectivity index (χ0v) is 25.2. The minimum atomic E-state index is -0.269. The number of aromatic nitrogens is 4. The zero-order valence-electron chi connectivity index (χ0n) is 23.5. The number of nitrogens with zero attached hydrogens (tertiary/aromatic N) is 3. The Morgan fingerprint density at radius 3 is 1.23 bits per heavy atom. The Balaban J connectivity index is 1.08. The molecule has 6 nitrogen and oxygen atoms in total. The molecule has 0 saturated heterocycles. The highest BCUT2D eigenvalue weighted by Gasteiger charge is 2.17. The molecule has 2 heterocycles. The van der Waals surface area contributed by atoms with E-state index < -0.39 is 0 Å². The molecule has 0 spiro atoms. The van der Waals surface area contributed by atoms with Crippen LogP contribution in [0.25, 0.3) is 45.0 Å². The highest BCUT2D eigenvalue weighted by Crippen LogP contribution is 2.34. The first-order chi connectivity index (χ1) is 21.3. The monoisotopic (exact) mass is 601 g/mol. The van der Waals surface area contributed by atoms with E-state index >= 15 is 0 Å². The van der Waals surface area contributed by atoms with E-state index in [1.165, 1.54) is 0 Å². The lowest BCUT2D eigenvalue weighted by atomic mass is 10.1. The first-order valence-electron chi connectivity index (χ1n) is 14.3. The van der Waals surface area contributed by atoms with E-state index in [0.717, 1.165) is 66.8 Å². The molecule has 0 saturated carbocycles. The van der Waals surface area contributed by atoms with E-state index in [1.807, 2.05) is 72.8 Å². The second-order valence-electron chi connectivity index (χ2n) is 10.0. The number of imidazole rings is 2. The Morgan fingerprint density at radius 2 is 0.884 bits per heavy atom. The fourth-order valence-corrected chi connectivity index (χ4v) is 6.74. The van der Waals surface area contributed by atoms with Gasteiger partial charge in [-0.3, -0.25) is 0 Å². The molecule has 0 atom stereocenters. The van der Waals surface area contributed by atoms with Gasteiger partial charge in [0.2, 0.25) is 0 Å². The van der Waals surface area contributed by atoms with Gasteiger partial charge in [0, 0.05) is 33.8 Å². The van der Waals surface area contributed by atoms with Crippen LogP contribution in [0.3, 0.4) is 0 Å². The minimum absolute atomic E-state index is 0.269. The van der Waals surface area contributed by atoms with Crippen LogP contribution in [0.2, 0.25) is 0 Å². The third-order valence-corrected chi connectivity index (χ3v) is 8.93. The van der Waals surface area contributed by atoms with Gasteiger partial charge in [-0.1, -0.05) is 150 Å². The van der Waals surface area contributed by atoms with Crippen molar-refractivity contribution in [2.75, 3.05) is 11.5 Å². The highest BCUT2D eigenvalue weighted by atomic mass is 32.2. The number of hydrogen-bond donors (Lipinski definition) is 2. The van der Waals surface area contributed by atoms with Crippen LogP contribution in [-0.2, 0) is 0 Å². The van der Waals surface area contributed by atoms with Gasteiger partial charge in [0.05, 0.1) is 28.8 Å². The molecule has 0 bridgehead atoms. The lowest BCUT2D eigenvalue weighted by molar-refractivity contribution is 0.636. The van der Waals surface area contributed by atoms with Crippen molar-refractivity contribution in [2.24, 2.45) is 5.18 Å². The van der Waals surface area contributed by atoms with Gasteiger partial charge < -0.3 is 9.97 Å². The van der Waals surface area contributed by atoms with Gasteiger partial charge >= 0.3 is 0 Å². The van der Waals surface area contributed by atoms with Crippen LogP contribution in [0.1, 0.15) is 12.8 Å². The SMILES string of the molecule is O=NC(CCSc1nc(-c2ccccc2)c(-c2ccccc2)[nH]1)CCSc1nc(-c2ccccc2)c(-c2ccccc2)[nH]1. The van der Waals surface area contributed by atoms with E-state index in [1.54, 1.807) is 23.5 Å². The molecule has 2 N–H and O–H groups in total. The summed E-state index contributed by atoms with van der Waals surface area (Å²) in [6, 6.07) is 40.6. The Labute approximate surface area is 259 Å². The maximum atomic E-state index is 11.7. The molecule has 8 heteroatoms. The van der Waals surface area contributed by atoms with E-state index in [-0.39, 0.29) is 6.04 Å². The Hall–Kier alpha value is -4.40. The van der Waals surface area contributed by atoms with Crippen molar-refractivity contribution in [1.29, 1.82) is 0 Å². The molecule has 4 aromatic carbocycles. The van der Waals surface area contributed by atoms with Crippen LogP contribution in [0, 0.1) is 4.91 Å². The summed E-state index contributed by atoms with van der Waals surface area (Å²) in [6.07, 6.45) is 1.36. The maximum Gasteiger partial charge on any atom is 0.166 e. The second kappa shape index (κ2) is 14.2. The molecular weight excluding hydrogens is 571 g/mol. The van der Waals surface area contributed by atoms with Crippen molar-refractivity contribution in [3.05, 3.63) is 126 Å². The second-order valence-corrected chi connectivity index (χ2v) is 12.2. The van der Waals surface area contributed by atoms with Gasteiger partial charge in [0.15, 0.2) is 10.3 Å². The standard InChI is InChI=1S/C35H31N5OS2/c41-40-29(21-23-42-34-36-30(25-13-5-1-6-14-25)31(37-34)26-15-7-2-8-16-26)22-24-43-35-38-32(27-17-9-3-10-18-27)33(39-35)28-19-11-4-12-20-28/h1-20,29H,21-24H2,(H,36,37)(H,38,39). The third kappa shape index (κ3) is 7.16. The van der Waals surface area contributed by atoms with Crippen molar-refractivity contribution < 1.29 is 0 Å². The van der Waals surface area contributed by atoms with Gasteiger partial charge in [0.25, 0.3) is 0 Å². The summed E-state index contributed by atoms with van der Waals surface area (Å²) in [4.78, 5) is 28.6. The number of benzene rings is 4. The molecule has 0 amide bonds. The molecule has 214 valence electrons. The average molecular weight is 602 g/mol. The van der Waals surface area contributed by atoms with Crippen molar-refractivity contribution in [2.45, 2.75) is 29.2 Å². The smallest absolute Gasteiger partial charge is 0.166 e. The molecule has 0 fully saturated rings. The van der Waals surface area contributed by atoms with Crippen LogP contribution in [-0.4, -0.2) is 37.5 Å². The topological polar surface area (TPSA) is 86.8 Å². The largest absolute Gasteiger partial charge is 0.332 e. The molecule has 0 aliphatic carbocycles. The lowest BCUT2D eigenvalue weighted by Gasteiger charge is -2.07. The molecular formula is C35H31N5OS2. The maximum absolute atomic E-state index is 11.7. The van der Waals surface area contributed by atoms with Crippen LogP contribution < -0.4 is 0 Å². The van der Waals surface area contributed by atoms with Gasteiger partial charge in [-0.25, -0.2) is 9.97 Å². The van der Waals surface area contributed by atoms with Crippen molar-refractivity contribution in [3.63, 3.8) is 0 Å². The van der Waals surface area contributed by atoms with Gasteiger partial charge in [-0.2, -0.15) is 4.91 Å². The van der Waals surface area contributed by atoms with Gasteiger partial charge in [-0.05, 0) is 12.8 Å². The molecule has 43 heavy (non-hydrogen) atoms. The van der Waals surface area contributed by atoms with Gasteiger partial charge in [0.1, 0.15) is 0 Å². The molecule has 6 aromatic rings. The number of nitroso groups, excluding NO2 is 1. The van der Waals surface area contributed by atoms with E-state index in [2.05, 4.69) is 63.7 Å². The summed E-state index contributed by atoms with van der Waals surface area (Å²) >= 11 is 3.26. The molecule has 0 aliphatic heterocycles. The third-order valence-electron chi connectivity index (χ3n) is 7.11. The van der Waals surface area contributed by atoms with Crippen molar-refractivity contribution in [1.82, 2.24) is 19.9 Å². The number of rotatable bonds is 13. The van der Waals surface area contributed by atoms with E-state index in [4.69, 9.17) is 9.97 Å². The summed E-state index contributed by atoms with van der Waals surface area (Å²) in [5.41, 5.74) is 8.18. The van der Waals surface area contributed by atoms with Crippen LogP contribution in [0.15, 0.2) is 137 Å². The van der Waals surface area contributed by atoms with Gasteiger partial charge in [-0.15, -0.1) is 0 Å². The van der Waals surface area contributed by atoms with Crippen LogP contribution in [0.5, 0.6) is 0 Å². The fourth-order valence-electron chi connectivity index (χ4n) is 4.91. The number of thioether (sulfide) groups is 2. The Kier molecular flexibility index (Phi) is 9.47. The Morgan fingerprint density at radius 1 is 0.535 bits per heavy atom. The van der Waals surface area contributed by atoms with E-state index in [0.29, 0.717) is 12.8 Å². The van der Waals surface area contributed by atoms with E-state index in [9.17, 15) is 4.91 Å². The van der Waals surface area contributed by atoms with Crippen molar-refractivity contribution >= 4 is 23.5 Å². The fraction of sp³-hybridized carbons (Fsp3) is 0.143. The van der Waals surface area contributed by atoms with Crippen LogP contribution >= 0.6 is 23.5 Å². The first kappa shape index (κ1) is 28.7. The van der Waals surface area contributed by atoms with Crippen molar-refractivity contribution in [3.8, 4) is 45.0 Å². The number of H-pyrrole nitrogens is 2. The molecule has 2 aromatic heterocycles. The number of aromatic amines is 2. The van der Waals surface area contributed by atoms with Crippen LogP contribution in [0.4, 0.5) is 0 Å². The average Bonchev–Trinajstić information content (AvgIpc) is 3.71. The lowest BCUT2D eigenvalue weighted by Crippen LogP contribution is -2.06. The quantitative estimate of drug-likeness (QED) is 0.102. The minimum Gasteiger partial charge on any atom is -0.332 e. The normalized spacial score (nSPS) is 11.2. The summed E-state index contributed by atoms with van der Waals surface area (Å²) in [7, 11) is 0. The number of hydrogen-bond acceptors (Lipinski definition) is 6. The number of nitrogens with one attached hydrogen (secondary N) is 2. The first-order valence-corrected chi connectivity index (χ1v) is 16.3.